The maximum atomic E-state index is 10.4. The van der Waals surface area contributed by atoms with E-state index in [1.807, 2.05) is 0 Å². The van der Waals surface area contributed by atoms with Gasteiger partial charge in [0, 0.05) is 0 Å². The lowest BCUT2D eigenvalue weighted by molar-refractivity contribution is -0.402. The van der Waals surface area contributed by atoms with Gasteiger partial charge in [0.25, 0.3) is 0 Å². The molecule has 7 heteroatoms. The van der Waals surface area contributed by atoms with Gasteiger partial charge in [-0.3, -0.25) is 10.1 Å². The second-order valence-electron chi connectivity index (χ2n) is 3.51. The minimum atomic E-state index is -0.628. The fraction of sp³-hybridized carbons (Fsp3) is 0. The maximum Gasteiger partial charge on any atom is 0.433 e. The van der Waals surface area contributed by atoms with Gasteiger partial charge in [-0.15, -0.1) is 0 Å². The summed E-state index contributed by atoms with van der Waals surface area (Å²) < 4.78 is 4.86. The van der Waals surface area contributed by atoms with Gasteiger partial charge >= 0.3 is 5.88 Å². The highest BCUT2D eigenvalue weighted by Crippen LogP contribution is 2.13. The van der Waals surface area contributed by atoms with Crippen LogP contribution in [0.15, 0.2) is 51.0 Å². The third-order valence-corrected chi connectivity index (χ3v) is 2.14. The van der Waals surface area contributed by atoms with E-state index in [0.29, 0.717) is 0 Å². The fourth-order valence-electron chi connectivity index (χ4n) is 1.26. The normalized spacial score (nSPS) is 11.4. The Kier molecular flexibility index (Phi) is 3.67. The first-order chi connectivity index (χ1) is 9.15. The van der Waals surface area contributed by atoms with E-state index < -0.39 is 4.92 Å². The summed E-state index contributed by atoms with van der Waals surface area (Å²) in [5.74, 6) is 0.0714. The van der Waals surface area contributed by atoms with Gasteiger partial charge < -0.3 is 9.52 Å². The first-order valence-corrected chi connectivity index (χ1v) is 5.25. The van der Waals surface area contributed by atoms with Crippen molar-refractivity contribution in [2.24, 2.45) is 10.2 Å². The second kappa shape index (κ2) is 5.58. The number of benzene rings is 1. The molecular formula is C12H9N3O4. The summed E-state index contributed by atoms with van der Waals surface area (Å²) in [4.78, 5) is 9.75. The predicted octanol–water partition coefficient (Wildman–Crippen LogP) is 2.35. The summed E-state index contributed by atoms with van der Waals surface area (Å²) in [7, 11) is 0. The molecule has 0 amide bonds. The zero-order valence-electron chi connectivity index (χ0n) is 9.63. The molecule has 0 saturated heterocycles. The zero-order chi connectivity index (χ0) is 13.7. The van der Waals surface area contributed by atoms with Crippen molar-refractivity contribution in [2.45, 2.75) is 0 Å². The van der Waals surface area contributed by atoms with Gasteiger partial charge in [0.05, 0.1) is 18.5 Å². The Balaban J connectivity index is 1.99. The summed E-state index contributed by atoms with van der Waals surface area (Å²) in [6.07, 6.45) is 2.75. The van der Waals surface area contributed by atoms with Crippen LogP contribution in [0.4, 0.5) is 5.88 Å². The highest BCUT2D eigenvalue weighted by atomic mass is 16.6. The van der Waals surface area contributed by atoms with Crippen molar-refractivity contribution in [2.75, 3.05) is 0 Å². The molecule has 0 spiro atoms. The Morgan fingerprint density at radius 2 is 1.79 bits per heavy atom. The van der Waals surface area contributed by atoms with Gasteiger partial charge in [0.2, 0.25) is 0 Å². The molecule has 0 atom stereocenters. The SMILES string of the molecule is O=[N+]([O-])c1ccc(/C=N/N=C/c2ccc(O)cc2)o1. The Hall–Kier alpha value is -2.96. The highest BCUT2D eigenvalue weighted by molar-refractivity contribution is 5.81. The first kappa shape index (κ1) is 12.5. The minimum Gasteiger partial charge on any atom is -0.508 e. The van der Waals surface area contributed by atoms with Crippen LogP contribution in [0.5, 0.6) is 5.75 Å². The van der Waals surface area contributed by atoms with Crippen molar-refractivity contribution < 1.29 is 14.4 Å². The fourth-order valence-corrected chi connectivity index (χ4v) is 1.26. The average Bonchev–Trinajstić information content (AvgIpc) is 2.86. The van der Waals surface area contributed by atoms with E-state index in [0.717, 1.165) is 5.56 Å². The molecule has 0 aliphatic rings. The van der Waals surface area contributed by atoms with E-state index in [9.17, 15) is 10.1 Å². The largest absolute Gasteiger partial charge is 0.508 e. The van der Waals surface area contributed by atoms with E-state index in [4.69, 9.17) is 9.52 Å². The summed E-state index contributed by atoms with van der Waals surface area (Å²) in [6, 6.07) is 9.07. The Bertz CT molecular complexity index is 629. The van der Waals surface area contributed by atoms with Crippen LogP contribution in [0.1, 0.15) is 11.3 Å². The highest BCUT2D eigenvalue weighted by Gasteiger charge is 2.09. The molecule has 7 nitrogen and oxygen atoms in total. The van der Waals surface area contributed by atoms with Crippen molar-refractivity contribution in [3.05, 3.63) is 57.8 Å². The van der Waals surface area contributed by atoms with Crippen LogP contribution in [-0.2, 0) is 0 Å². The molecule has 19 heavy (non-hydrogen) atoms. The van der Waals surface area contributed by atoms with Gasteiger partial charge in [-0.05, 0) is 35.9 Å². The molecule has 2 aromatic rings. The van der Waals surface area contributed by atoms with E-state index in [1.54, 1.807) is 12.1 Å². The van der Waals surface area contributed by atoms with Gasteiger partial charge in [0.15, 0.2) is 5.76 Å². The average molecular weight is 259 g/mol. The molecule has 1 aromatic carbocycles. The molecule has 1 heterocycles. The maximum absolute atomic E-state index is 10.4. The molecule has 96 valence electrons. The van der Waals surface area contributed by atoms with Crippen LogP contribution in [-0.4, -0.2) is 22.5 Å². The molecule has 1 aromatic heterocycles. The molecule has 0 radical (unpaired) electrons. The number of phenolic OH excluding ortho intramolecular Hbond substituents is 1. The molecule has 2 rings (SSSR count). The monoisotopic (exact) mass is 259 g/mol. The predicted molar refractivity (Wildman–Crippen MR) is 68.7 cm³/mol. The smallest absolute Gasteiger partial charge is 0.433 e. The summed E-state index contributed by atoms with van der Waals surface area (Å²) in [5, 5.41) is 26.9. The van der Waals surface area contributed by atoms with Crippen LogP contribution in [0.2, 0.25) is 0 Å². The van der Waals surface area contributed by atoms with Crippen LogP contribution in [0, 0.1) is 10.1 Å². The van der Waals surface area contributed by atoms with E-state index in [2.05, 4.69) is 10.2 Å². The first-order valence-electron chi connectivity index (χ1n) is 5.25. The van der Waals surface area contributed by atoms with E-state index in [-0.39, 0.29) is 17.4 Å². The van der Waals surface area contributed by atoms with Crippen LogP contribution >= 0.6 is 0 Å². The third-order valence-electron chi connectivity index (χ3n) is 2.14. The molecule has 0 saturated carbocycles. The number of nitrogens with zero attached hydrogens (tertiary/aromatic N) is 3. The Morgan fingerprint density at radius 3 is 2.42 bits per heavy atom. The van der Waals surface area contributed by atoms with Gasteiger partial charge in [-0.2, -0.15) is 10.2 Å². The second-order valence-corrected chi connectivity index (χ2v) is 3.51. The number of phenols is 1. The van der Waals surface area contributed by atoms with Crippen molar-refractivity contribution in [3.63, 3.8) is 0 Å². The zero-order valence-corrected chi connectivity index (χ0v) is 9.63. The summed E-state index contributed by atoms with van der Waals surface area (Å²) in [6.45, 7) is 0. The van der Waals surface area contributed by atoms with Gasteiger partial charge in [0.1, 0.15) is 10.7 Å². The van der Waals surface area contributed by atoms with Gasteiger partial charge in [-0.25, -0.2) is 0 Å². The van der Waals surface area contributed by atoms with Crippen LogP contribution < -0.4 is 0 Å². The molecule has 0 unspecified atom stereocenters. The van der Waals surface area contributed by atoms with Gasteiger partial charge in [-0.1, -0.05) is 0 Å². The Morgan fingerprint density at radius 1 is 1.11 bits per heavy atom. The lowest BCUT2D eigenvalue weighted by Gasteiger charge is -1.91. The standard InChI is InChI=1S/C12H9N3O4/c16-10-3-1-9(2-4-10)7-13-14-8-11-5-6-12(19-11)15(17)18/h1-8,16H/b13-7+,14-8+. The lowest BCUT2D eigenvalue weighted by Crippen LogP contribution is -1.83. The summed E-state index contributed by atoms with van der Waals surface area (Å²) >= 11 is 0. The van der Waals surface area contributed by atoms with Crippen molar-refractivity contribution >= 4 is 18.3 Å². The molecule has 0 fully saturated rings. The number of hydrogen-bond acceptors (Lipinski definition) is 6. The number of rotatable bonds is 4. The molecule has 0 aliphatic carbocycles. The van der Waals surface area contributed by atoms with E-state index in [1.165, 1.54) is 36.7 Å². The minimum absolute atomic E-state index is 0.170. The number of furan rings is 1. The van der Waals surface area contributed by atoms with Crippen LogP contribution in [0.25, 0.3) is 0 Å². The summed E-state index contributed by atoms with van der Waals surface area (Å²) in [5.41, 5.74) is 0.764. The molecule has 1 N–H and O–H groups in total. The topological polar surface area (TPSA) is 101 Å². The van der Waals surface area contributed by atoms with E-state index >= 15 is 0 Å². The van der Waals surface area contributed by atoms with Crippen molar-refractivity contribution in [1.29, 1.82) is 0 Å². The number of hydrogen-bond donors (Lipinski definition) is 1. The number of aromatic hydroxyl groups is 1. The molecular weight excluding hydrogens is 250 g/mol. The number of nitro groups is 1. The lowest BCUT2D eigenvalue weighted by atomic mass is 10.2. The quantitative estimate of drug-likeness (QED) is 0.517. The molecule has 0 bridgehead atoms. The van der Waals surface area contributed by atoms with Crippen molar-refractivity contribution in [3.8, 4) is 5.75 Å². The molecule has 0 aliphatic heterocycles. The van der Waals surface area contributed by atoms with Crippen molar-refractivity contribution in [1.82, 2.24) is 0 Å². The third kappa shape index (κ3) is 3.50. The Labute approximate surface area is 107 Å². The van der Waals surface area contributed by atoms with Crippen LogP contribution in [0.3, 0.4) is 0 Å².